The van der Waals surface area contributed by atoms with Gasteiger partial charge in [-0.05, 0) is 55.7 Å². The summed E-state index contributed by atoms with van der Waals surface area (Å²) < 4.78 is 26.7. The Morgan fingerprint density at radius 1 is 1.03 bits per heavy atom. The number of nitrogens with one attached hydrogen (secondary N) is 1. The number of carbonyl (C=O) groups is 3. The second-order valence-electron chi connectivity index (χ2n) is 10.2. The highest BCUT2D eigenvalue weighted by Gasteiger charge is 2.51. The Morgan fingerprint density at radius 3 is 2.21 bits per heavy atom. The number of amides is 3. The van der Waals surface area contributed by atoms with Crippen molar-refractivity contribution in [3.8, 4) is 0 Å². The Kier molecular flexibility index (Phi) is 7.45. The van der Waals surface area contributed by atoms with Crippen molar-refractivity contribution in [2.45, 2.75) is 64.6 Å². The van der Waals surface area contributed by atoms with Crippen LogP contribution in [-0.4, -0.2) is 52.7 Å². The maximum absolute atomic E-state index is 13.5. The first-order valence-corrected chi connectivity index (χ1v) is 12.2. The lowest BCUT2D eigenvalue weighted by molar-refractivity contribution is -0.148. The Hall–Kier alpha value is -2.61. The third kappa shape index (κ3) is 5.22. The Balaban J connectivity index is 1.36. The average Bonchev–Trinajstić information content (AvgIpc) is 3.06. The van der Waals surface area contributed by atoms with Gasteiger partial charge < -0.3 is 5.32 Å². The molecule has 184 valence electrons. The number of hydrogen-bond acceptors (Lipinski definition) is 4. The second-order valence-corrected chi connectivity index (χ2v) is 10.2. The fraction of sp³-hybridized carbons (Fsp3) is 0.577. The molecule has 0 bridgehead atoms. The van der Waals surface area contributed by atoms with E-state index in [1.165, 1.54) is 11.0 Å². The van der Waals surface area contributed by atoms with E-state index in [0.717, 1.165) is 6.07 Å². The summed E-state index contributed by atoms with van der Waals surface area (Å²) in [6, 6.07) is 3.10. The lowest BCUT2D eigenvalue weighted by Gasteiger charge is -2.34. The monoisotopic (exact) mass is 473 g/mol. The predicted octanol–water partition coefficient (Wildman–Crippen LogP) is 3.41. The smallest absolute Gasteiger partial charge is 0.243 e. The highest BCUT2D eigenvalue weighted by atomic mass is 19.2. The van der Waals surface area contributed by atoms with Crippen molar-refractivity contribution in [2.75, 3.05) is 13.1 Å². The van der Waals surface area contributed by atoms with Crippen molar-refractivity contribution in [3.63, 3.8) is 0 Å². The molecular weight excluding hydrogens is 440 g/mol. The molecular formula is C26H33F2N3O3. The molecule has 0 aromatic heterocycles. The highest BCUT2D eigenvalue weighted by Crippen LogP contribution is 2.37. The van der Waals surface area contributed by atoms with Crippen molar-refractivity contribution in [1.82, 2.24) is 15.1 Å². The van der Waals surface area contributed by atoms with E-state index in [0.29, 0.717) is 57.3 Å². The number of imide groups is 1. The largest absolute Gasteiger partial charge is 0.351 e. The molecule has 0 spiro atoms. The van der Waals surface area contributed by atoms with Crippen LogP contribution in [0.3, 0.4) is 0 Å². The van der Waals surface area contributed by atoms with E-state index in [-0.39, 0.29) is 41.5 Å². The summed E-state index contributed by atoms with van der Waals surface area (Å²) in [4.78, 5) is 42.8. The summed E-state index contributed by atoms with van der Waals surface area (Å²) in [7, 11) is 0. The van der Waals surface area contributed by atoms with Gasteiger partial charge in [0, 0.05) is 25.7 Å². The molecule has 1 aromatic rings. The molecule has 34 heavy (non-hydrogen) atoms. The quantitative estimate of drug-likeness (QED) is 0.487. The molecule has 2 aliphatic heterocycles. The predicted molar refractivity (Wildman–Crippen MR) is 123 cm³/mol. The van der Waals surface area contributed by atoms with Crippen LogP contribution in [0.4, 0.5) is 8.78 Å². The van der Waals surface area contributed by atoms with Crippen LogP contribution in [0.1, 0.15) is 51.5 Å². The van der Waals surface area contributed by atoms with Gasteiger partial charge in [-0.1, -0.05) is 32.1 Å². The lowest BCUT2D eigenvalue weighted by atomic mass is 9.85. The number of rotatable bonds is 7. The Labute approximate surface area is 199 Å². The first-order valence-electron chi connectivity index (χ1n) is 12.2. The highest BCUT2D eigenvalue weighted by molar-refractivity contribution is 6.08. The fourth-order valence-corrected chi connectivity index (χ4v) is 5.34. The molecule has 3 atom stereocenters. The van der Waals surface area contributed by atoms with E-state index in [2.05, 4.69) is 10.2 Å². The van der Waals surface area contributed by atoms with Gasteiger partial charge >= 0.3 is 0 Å². The maximum Gasteiger partial charge on any atom is 0.243 e. The minimum atomic E-state index is -0.855. The number of carbonyl (C=O) groups excluding carboxylic acids is 3. The van der Waals surface area contributed by atoms with E-state index in [9.17, 15) is 23.2 Å². The summed E-state index contributed by atoms with van der Waals surface area (Å²) >= 11 is 0. The lowest BCUT2D eigenvalue weighted by Crippen LogP contribution is -2.54. The minimum absolute atomic E-state index is 0.0554. The average molecular weight is 474 g/mol. The third-order valence-corrected chi connectivity index (χ3v) is 7.17. The van der Waals surface area contributed by atoms with Gasteiger partial charge in [0.05, 0.1) is 11.8 Å². The molecule has 3 amide bonds. The number of hydrogen-bond donors (Lipinski definition) is 1. The van der Waals surface area contributed by atoms with Gasteiger partial charge in [-0.25, -0.2) is 8.78 Å². The molecule has 0 radical (unpaired) electrons. The zero-order chi connectivity index (χ0) is 24.4. The zero-order valence-corrected chi connectivity index (χ0v) is 19.8. The van der Waals surface area contributed by atoms with Gasteiger partial charge in [0.25, 0.3) is 0 Å². The van der Waals surface area contributed by atoms with E-state index < -0.39 is 17.7 Å². The molecule has 1 aromatic carbocycles. The number of nitrogens with zero attached hydrogens (tertiary/aromatic N) is 2. The SMILES string of the molecule is CC(C)CC(C(=O)NC1CCN(Cc2ccc(F)c(F)c2)CC1)N1C(=O)C2CC=CCC2C1=O. The summed E-state index contributed by atoms with van der Waals surface area (Å²) in [6.07, 6.45) is 6.85. The van der Waals surface area contributed by atoms with Crippen LogP contribution >= 0.6 is 0 Å². The number of piperidine rings is 1. The molecule has 8 heteroatoms. The van der Waals surface area contributed by atoms with E-state index in [4.69, 9.17) is 0 Å². The summed E-state index contributed by atoms with van der Waals surface area (Å²) in [5.74, 6) is -2.96. The summed E-state index contributed by atoms with van der Waals surface area (Å²) in [5.41, 5.74) is 0.709. The number of likely N-dealkylation sites (tertiary alicyclic amines) is 2. The van der Waals surface area contributed by atoms with Crippen molar-refractivity contribution < 1.29 is 23.2 Å². The van der Waals surface area contributed by atoms with Gasteiger partial charge in [-0.3, -0.25) is 24.2 Å². The van der Waals surface area contributed by atoms with Gasteiger partial charge in [0.15, 0.2) is 11.6 Å². The molecule has 2 fully saturated rings. The van der Waals surface area contributed by atoms with Crippen LogP contribution in [0.15, 0.2) is 30.4 Å². The molecule has 2 saturated heterocycles. The maximum atomic E-state index is 13.5. The summed E-state index contributed by atoms with van der Waals surface area (Å²) in [6.45, 7) is 5.89. The number of benzene rings is 1. The van der Waals surface area contributed by atoms with Gasteiger partial charge in [-0.2, -0.15) is 0 Å². The third-order valence-electron chi connectivity index (χ3n) is 7.17. The number of halogens is 2. The molecule has 1 N–H and O–H groups in total. The Morgan fingerprint density at radius 2 is 1.65 bits per heavy atom. The summed E-state index contributed by atoms with van der Waals surface area (Å²) in [5, 5.41) is 3.09. The molecule has 3 aliphatic rings. The first kappa shape index (κ1) is 24.5. The van der Waals surface area contributed by atoms with Crippen molar-refractivity contribution >= 4 is 17.7 Å². The molecule has 4 rings (SSSR count). The molecule has 2 heterocycles. The van der Waals surface area contributed by atoms with E-state index in [1.54, 1.807) is 6.07 Å². The van der Waals surface area contributed by atoms with Crippen molar-refractivity contribution in [3.05, 3.63) is 47.5 Å². The van der Waals surface area contributed by atoms with E-state index >= 15 is 0 Å². The molecule has 3 unspecified atom stereocenters. The Bertz CT molecular complexity index is 946. The molecule has 6 nitrogen and oxygen atoms in total. The second kappa shape index (κ2) is 10.3. The normalized spacial score (nSPS) is 24.6. The van der Waals surface area contributed by atoms with Crippen LogP contribution in [-0.2, 0) is 20.9 Å². The van der Waals surface area contributed by atoms with Gasteiger partial charge in [0.1, 0.15) is 6.04 Å². The van der Waals surface area contributed by atoms with Crippen LogP contribution < -0.4 is 5.32 Å². The van der Waals surface area contributed by atoms with Crippen LogP contribution in [0.25, 0.3) is 0 Å². The van der Waals surface area contributed by atoms with Crippen LogP contribution in [0.5, 0.6) is 0 Å². The molecule has 1 aliphatic carbocycles. The van der Waals surface area contributed by atoms with Crippen LogP contribution in [0, 0.1) is 29.4 Å². The zero-order valence-electron chi connectivity index (χ0n) is 19.8. The standard InChI is InChI=1S/C26H33F2N3O3/c1-16(2)13-23(31-25(33)19-5-3-4-6-20(19)26(31)34)24(32)29-18-9-11-30(12-10-18)15-17-7-8-21(27)22(28)14-17/h3-4,7-8,14,16,18-20,23H,5-6,9-13,15H2,1-2H3,(H,29,32). The van der Waals surface area contributed by atoms with Crippen molar-refractivity contribution in [1.29, 1.82) is 0 Å². The fourth-order valence-electron chi connectivity index (χ4n) is 5.34. The molecule has 0 saturated carbocycles. The van der Waals surface area contributed by atoms with Gasteiger partial charge in [0.2, 0.25) is 17.7 Å². The topological polar surface area (TPSA) is 69.7 Å². The first-order chi connectivity index (χ1) is 16.2. The van der Waals surface area contributed by atoms with Crippen LogP contribution in [0.2, 0.25) is 0 Å². The van der Waals surface area contributed by atoms with Gasteiger partial charge in [-0.15, -0.1) is 0 Å². The van der Waals surface area contributed by atoms with Crippen molar-refractivity contribution in [2.24, 2.45) is 17.8 Å². The van der Waals surface area contributed by atoms with E-state index in [1.807, 2.05) is 26.0 Å². The number of fused-ring (bicyclic) bond motifs is 1. The minimum Gasteiger partial charge on any atom is -0.351 e. The number of allylic oxidation sites excluding steroid dienone is 2.